The van der Waals surface area contributed by atoms with Gasteiger partial charge in [0.2, 0.25) is 17.8 Å². The van der Waals surface area contributed by atoms with Crippen LogP contribution in [0.2, 0.25) is 0 Å². The summed E-state index contributed by atoms with van der Waals surface area (Å²) < 4.78 is 0. The molecule has 1 aromatic heterocycles. The molecule has 0 radical (unpaired) electrons. The molecule has 2 aliphatic rings. The van der Waals surface area contributed by atoms with Crippen LogP contribution in [0.5, 0.6) is 0 Å². The maximum absolute atomic E-state index is 12.8. The van der Waals surface area contributed by atoms with E-state index < -0.39 is 11.3 Å². The van der Waals surface area contributed by atoms with Crippen molar-refractivity contribution in [2.24, 2.45) is 23.0 Å². The molecule has 7 heteroatoms. The highest BCUT2D eigenvalue weighted by atomic mass is 16.2. The van der Waals surface area contributed by atoms with Crippen molar-refractivity contribution in [2.75, 3.05) is 18.4 Å². The Labute approximate surface area is 154 Å². The highest BCUT2D eigenvalue weighted by Gasteiger charge is 2.58. The van der Waals surface area contributed by atoms with E-state index in [0.717, 1.165) is 17.7 Å². The molecule has 2 heterocycles. The van der Waals surface area contributed by atoms with Gasteiger partial charge in [-0.2, -0.15) is 0 Å². The zero-order valence-electron chi connectivity index (χ0n) is 16.1. The van der Waals surface area contributed by atoms with Crippen LogP contribution in [-0.4, -0.2) is 45.8 Å². The van der Waals surface area contributed by atoms with Crippen LogP contribution in [0.4, 0.5) is 5.95 Å². The largest absolute Gasteiger partial charge is 0.369 e. The number of carbonyl (C=O) groups excluding carboxylic acids is 2. The van der Waals surface area contributed by atoms with E-state index in [1.54, 1.807) is 4.90 Å². The third-order valence-electron chi connectivity index (χ3n) is 5.87. The summed E-state index contributed by atoms with van der Waals surface area (Å²) in [6.07, 6.45) is 3.84. The van der Waals surface area contributed by atoms with Crippen molar-refractivity contribution in [1.82, 2.24) is 14.9 Å². The predicted octanol–water partition coefficient (Wildman–Crippen LogP) is 1.51. The second-order valence-electron chi connectivity index (χ2n) is 7.99. The lowest BCUT2D eigenvalue weighted by Gasteiger charge is -2.22. The molecule has 0 aromatic carbocycles. The van der Waals surface area contributed by atoms with Gasteiger partial charge >= 0.3 is 0 Å². The summed E-state index contributed by atoms with van der Waals surface area (Å²) in [4.78, 5) is 35.4. The van der Waals surface area contributed by atoms with Gasteiger partial charge in [0.15, 0.2) is 0 Å². The molecule has 0 unspecified atom stereocenters. The van der Waals surface area contributed by atoms with E-state index in [1.807, 2.05) is 13.1 Å². The van der Waals surface area contributed by atoms with E-state index in [-0.39, 0.29) is 17.9 Å². The summed E-state index contributed by atoms with van der Waals surface area (Å²) in [5.74, 6) is 0.671. The van der Waals surface area contributed by atoms with Gasteiger partial charge in [-0.3, -0.25) is 9.59 Å². The van der Waals surface area contributed by atoms with Crippen LogP contribution in [0, 0.1) is 24.2 Å². The number of aryl methyl sites for hydroxylation is 2. The lowest BCUT2D eigenvalue weighted by Crippen LogP contribution is -2.43. The van der Waals surface area contributed by atoms with Gasteiger partial charge in [0.05, 0.1) is 6.04 Å². The third-order valence-corrected chi connectivity index (χ3v) is 5.87. The van der Waals surface area contributed by atoms with E-state index in [1.165, 1.54) is 0 Å². The number of rotatable bonds is 6. The van der Waals surface area contributed by atoms with Crippen LogP contribution in [0.15, 0.2) is 6.20 Å². The maximum Gasteiger partial charge on any atom is 0.238 e. The van der Waals surface area contributed by atoms with Gasteiger partial charge in [-0.05, 0) is 37.7 Å². The number of nitrogens with two attached hydrogens (primary N) is 1. The van der Waals surface area contributed by atoms with Crippen molar-refractivity contribution in [3.8, 4) is 0 Å². The standard InChI is InChI=1S/C19H29N5O2/c1-5-14-12(4)8-21-18(22-14)23-15-10-24(9-13(15)11(2)3)17(26)19(6-7-19)16(20)25/h8,11,13,15H,5-7,9-10H2,1-4H3,(H2,20,25)(H,21,22,23)/t13-,15+/m1/s1. The Balaban J connectivity index is 1.76. The van der Waals surface area contributed by atoms with Crippen molar-refractivity contribution in [1.29, 1.82) is 0 Å². The number of likely N-dealkylation sites (tertiary alicyclic amines) is 1. The van der Waals surface area contributed by atoms with E-state index >= 15 is 0 Å². The maximum atomic E-state index is 12.8. The molecule has 1 saturated carbocycles. The Bertz CT molecular complexity index is 714. The number of nitrogens with one attached hydrogen (secondary N) is 1. The molecule has 3 rings (SSSR count). The highest BCUT2D eigenvalue weighted by molar-refractivity contribution is 6.07. The Hall–Kier alpha value is -2.18. The minimum Gasteiger partial charge on any atom is -0.369 e. The van der Waals surface area contributed by atoms with Crippen molar-refractivity contribution >= 4 is 17.8 Å². The van der Waals surface area contributed by atoms with Crippen molar-refractivity contribution in [2.45, 2.75) is 53.0 Å². The summed E-state index contributed by atoms with van der Waals surface area (Å²) in [7, 11) is 0. The summed E-state index contributed by atoms with van der Waals surface area (Å²) in [5.41, 5.74) is 6.64. The van der Waals surface area contributed by atoms with Crippen LogP contribution in [-0.2, 0) is 16.0 Å². The first kappa shape index (κ1) is 18.6. The molecule has 0 bridgehead atoms. The SMILES string of the molecule is CCc1nc(N[C@H]2CN(C(=O)C3(C(N)=O)CC3)C[C@@H]2C(C)C)ncc1C. The fraction of sp³-hybridized carbons (Fsp3) is 0.684. The molecule has 1 aromatic rings. The lowest BCUT2D eigenvalue weighted by molar-refractivity contribution is -0.142. The first-order valence-electron chi connectivity index (χ1n) is 9.46. The van der Waals surface area contributed by atoms with Crippen molar-refractivity contribution in [3.05, 3.63) is 17.5 Å². The van der Waals surface area contributed by atoms with Crippen LogP contribution in [0.1, 0.15) is 44.9 Å². The van der Waals surface area contributed by atoms with Gasteiger partial charge in [0, 0.05) is 30.9 Å². The fourth-order valence-corrected chi connectivity index (χ4v) is 3.89. The van der Waals surface area contributed by atoms with Gasteiger partial charge in [-0.15, -0.1) is 0 Å². The number of aromatic nitrogens is 2. The number of anilines is 1. The second kappa shape index (κ2) is 6.85. The lowest BCUT2D eigenvalue weighted by atomic mass is 9.91. The minimum absolute atomic E-state index is 0.0649. The Morgan fingerprint density at radius 3 is 2.62 bits per heavy atom. The first-order valence-corrected chi connectivity index (χ1v) is 9.46. The number of amides is 2. The van der Waals surface area contributed by atoms with Gasteiger partial charge < -0.3 is 16.0 Å². The van der Waals surface area contributed by atoms with Gasteiger partial charge in [-0.1, -0.05) is 20.8 Å². The smallest absolute Gasteiger partial charge is 0.238 e. The topological polar surface area (TPSA) is 101 Å². The molecule has 3 N–H and O–H groups in total. The molecule has 1 saturated heterocycles. The summed E-state index contributed by atoms with van der Waals surface area (Å²) in [6, 6.07) is 0.0649. The molecule has 2 atom stereocenters. The monoisotopic (exact) mass is 359 g/mol. The fourth-order valence-electron chi connectivity index (χ4n) is 3.89. The molecule has 2 fully saturated rings. The number of primary amides is 1. The van der Waals surface area contributed by atoms with Crippen LogP contribution in [0.3, 0.4) is 0 Å². The van der Waals surface area contributed by atoms with Gasteiger partial charge in [0.25, 0.3) is 0 Å². The number of nitrogens with zero attached hydrogens (tertiary/aromatic N) is 3. The Morgan fingerprint density at radius 1 is 1.38 bits per heavy atom. The number of carbonyl (C=O) groups is 2. The molecule has 7 nitrogen and oxygen atoms in total. The van der Waals surface area contributed by atoms with Crippen molar-refractivity contribution < 1.29 is 9.59 Å². The Morgan fingerprint density at radius 2 is 2.08 bits per heavy atom. The number of hydrogen-bond donors (Lipinski definition) is 2. The average molecular weight is 359 g/mol. The summed E-state index contributed by atoms with van der Waals surface area (Å²) in [6.45, 7) is 9.58. The first-order chi connectivity index (χ1) is 12.3. The quantitative estimate of drug-likeness (QED) is 0.750. The zero-order chi connectivity index (χ0) is 19.1. The second-order valence-corrected chi connectivity index (χ2v) is 7.99. The summed E-state index contributed by atoms with van der Waals surface area (Å²) in [5, 5.41) is 3.43. The van der Waals surface area contributed by atoms with Crippen molar-refractivity contribution in [3.63, 3.8) is 0 Å². The molecule has 1 aliphatic carbocycles. The molecule has 2 amide bonds. The molecular formula is C19H29N5O2. The van der Waals surface area contributed by atoms with E-state index in [2.05, 4.69) is 36.1 Å². The van der Waals surface area contributed by atoms with Crippen LogP contribution >= 0.6 is 0 Å². The van der Waals surface area contributed by atoms with E-state index in [9.17, 15) is 9.59 Å². The molecule has 26 heavy (non-hydrogen) atoms. The number of hydrogen-bond acceptors (Lipinski definition) is 5. The normalized spacial score (nSPS) is 24.0. The van der Waals surface area contributed by atoms with Gasteiger partial charge in [-0.25, -0.2) is 9.97 Å². The molecular weight excluding hydrogens is 330 g/mol. The molecule has 0 spiro atoms. The molecule has 142 valence electrons. The Kier molecular flexibility index (Phi) is 4.90. The predicted molar refractivity (Wildman–Crippen MR) is 99.3 cm³/mol. The van der Waals surface area contributed by atoms with Crippen LogP contribution < -0.4 is 11.1 Å². The van der Waals surface area contributed by atoms with E-state index in [0.29, 0.717) is 37.8 Å². The van der Waals surface area contributed by atoms with Crippen LogP contribution in [0.25, 0.3) is 0 Å². The average Bonchev–Trinajstić information content (AvgIpc) is 3.31. The zero-order valence-corrected chi connectivity index (χ0v) is 16.1. The molecule has 1 aliphatic heterocycles. The minimum atomic E-state index is -0.952. The third kappa shape index (κ3) is 3.27. The van der Waals surface area contributed by atoms with Gasteiger partial charge in [0.1, 0.15) is 5.41 Å². The highest BCUT2D eigenvalue weighted by Crippen LogP contribution is 2.47. The van der Waals surface area contributed by atoms with E-state index in [4.69, 9.17) is 5.73 Å². The summed E-state index contributed by atoms with van der Waals surface area (Å²) >= 11 is 0.